The number of carbonyl (C=O) groups is 1. The second-order valence-electron chi connectivity index (χ2n) is 8.93. The van der Waals surface area contributed by atoms with Gasteiger partial charge >= 0.3 is 0 Å². The highest BCUT2D eigenvalue weighted by molar-refractivity contribution is 14.1. The molecule has 5 heteroatoms. The number of aryl methyl sites for hydroxylation is 2. The molecule has 0 radical (unpaired) electrons. The molecule has 4 nitrogen and oxygen atoms in total. The van der Waals surface area contributed by atoms with Gasteiger partial charge in [-0.05, 0) is 89.7 Å². The number of benzene rings is 3. The van der Waals surface area contributed by atoms with Gasteiger partial charge in [0.05, 0.1) is 3.57 Å². The lowest BCUT2D eigenvalue weighted by atomic mass is 9.85. The number of phenols is 1. The molecule has 0 bridgehead atoms. The van der Waals surface area contributed by atoms with E-state index >= 15 is 0 Å². The summed E-state index contributed by atoms with van der Waals surface area (Å²) in [6.45, 7) is 12.2. The number of rotatable bonds is 4. The van der Waals surface area contributed by atoms with Crippen LogP contribution in [0.25, 0.3) is 0 Å². The molecule has 0 aliphatic rings. The summed E-state index contributed by atoms with van der Waals surface area (Å²) in [5, 5.41) is 17.1. The Bertz CT molecular complexity index is 1130. The van der Waals surface area contributed by atoms with Crippen molar-refractivity contribution in [3.8, 4) is 5.75 Å². The van der Waals surface area contributed by atoms with E-state index in [1.165, 1.54) is 0 Å². The van der Waals surface area contributed by atoms with Gasteiger partial charge in [-0.15, -0.1) is 0 Å². The van der Waals surface area contributed by atoms with Crippen LogP contribution in [0.1, 0.15) is 53.4 Å². The molecular formula is C26H29IN2O2. The van der Waals surface area contributed by atoms with Crippen LogP contribution in [0.3, 0.4) is 0 Å². The summed E-state index contributed by atoms with van der Waals surface area (Å²) in [5.41, 5.74) is 6.91. The topological polar surface area (TPSA) is 61.4 Å². The van der Waals surface area contributed by atoms with Crippen molar-refractivity contribution in [1.29, 1.82) is 0 Å². The Balaban J connectivity index is 1.99. The molecule has 0 atom stereocenters. The summed E-state index contributed by atoms with van der Waals surface area (Å²) < 4.78 is 0.666. The predicted octanol–water partition coefficient (Wildman–Crippen LogP) is 7.22. The molecule has 0 aliphatic heterocycles. The van der Waals surface area contributed by atoms with Gasteiger partial charge in [0.15, 0.2) is 0 Å². The van der Waals surface area contributed by atoms with Crippen molar-refractivity contribution in [3.63, 3.8) is 0 Å². The predicted molar refractivity (Wildman–Crippen MR) is 138 cm³/mol. The van der Waals surface area contributed by atoms with Gasteiger partial charge in [-0.3, -0.25) is 4.79 Å². The van der Waals surface area contributed by atoms with Gasteiger partial charge in [-0.2, -0.15) is 0 Å². The van der Waals surface area contributed by atoms with Gasteiger partial charge in [-0.1, -0.05) is 45.0 Å². The van der Waals surface area contributed by atoms with Gasteiger partial charge in [0.1, 0.15) is 5.75 Å². The number of amides is 1. The minimum Gasteiger partial charge on any atom is -0.507 e. The molecule has 0 aliphatic carbocycles. The lowest BCUT2D eigenvalue weighted by molar-refractivity contribution is 0.102. The van der Waals surface area contributed by atoms with Crippen LogP contribution in [0.2, 0.25) is 0 Å². The molecule has 0 saturated heterocycles. The van der Waals surface area contributed by atoms with Crippen LogP contribution in [-0.2, 0) is 5.41 Å². The van der Waals surface area contributed by atoms with Crippen molar-refractivity contribution in [2.24, 2.45) is 0 Å². The molecule has 0 aromatic heterocycles. The first-order valence-electron chi connectivity index (χ1n) is 10.3. The second-order valence-corrected chi connectivity index (χ2v) is 10.1. The van der Waals surface area contributed by atoms with E-state index in [1.807, 2.05) is 65.0 Å². The van der Waals surface area contributed by atoms with Crippen LogP contribution in [0.5, 0.6) is 5.75 Å². The number of hydrogen-bond donors (Lipinski definition) is 3. The van der Waals surface area contributed by atoms with E-state index in [4.69, 9.17) is 0 Å². The Morgan fingerprint density at radius 1 is 0.935 bits per heavy atom. The minimum atomic E-state index is -0.275. The maximum atomic E-state index is 13.2. The number of aromatic hydroxyl groups is 1. The van der Waals surface area contributed by atoms with Crippen molar-refractivity contribution in [3.05, 3.63) is 79.9 Å². The SMILES string of the molecule is Cc1cc(C)c(Nc2ccccc2)c(C)c1NC(=O)c1cc(I)c(O)c(C(C)(C)C)c1. The Labute approximate surface area is 198 Å². The number of carbonyl (C=O) groups excluding carboxylic acids is 1. The molecular weight excluding hydrogens is 499 g/mol. The number of hydrogen-bond acceptors (Lipinski definition) is 3. The molecule has 31 heavy (non-hydrogen) atoms. The Hall–Kier alpha value is -2.54. The number of halogens is 1. The van der Waals surface area contributed by atoms with Gasteiger partial charge < -0.3 is 15.7 Å². The van der Waals surface area contributed by atoms with Crippen LogP contribution in [0, 0.1) is 24.3 Å². The standard InChI is InChI=1S/C26H29IN2O2/c1-15-12-16(2)23(17(3)22(15)28-19-10-8-7-9-11-19)29-25(31)18-13-20(26(4,5)6)24(30)21(27)14-18/h7-14,28,30H,1-6H3,(H,29,31). The fourth-order valence-electron chi connectivity index (χ4n) is 3.72. The Kier molecular flexibility index (Phi) is 6.65. The molecule has 3 N–H and O–H groups in total. The zero-order valence-corrected chi connectivity index (χ0v) is 21.0. The Morgan fingerprint density at radius 3 is 2.16 bits per heavy atom. The smallest absolute Gasteiger partial charge is 0.255 e. The fraction of sp³-hybridized carbons (Fsp3) is 0.269. The summed E-state index contributed by atoms with van der Waals surface area (Å²) in [5.74, 6) is 0.0471. The molecule has 1 amide bonds. The number of anilines is 3. The molecule has 0 saturated carbocycles. The maximum Gasteiger partial charge on any atom is 0.255 e. The minimum absolute atomic E-state index is 0.191. The van der Waals surface area contributed by atoms with E-state index in [0.29, 0.717) is 9.13 Å². The van der Waals surface area contributed by atoms with Crippen molar-refractivity contribution >= 4 is 45.6 Å². The lowest BCUT2D eigenvalue weighted by Crippen LogP contribution is -2.18. The molecule has 0 unspecified atom stereocenters. The third kappa shape index (κ3) is 5.03. The molecule has 3 aromatic rings. The summed E-state index contributed by atoms with van der Waals surface area (Å²) in [4.78, 5) is 13.2. The first-order valence-corrected chi connectivity index (χ1v) is 11.3. The highest BCUT2D eigenvalue weighted by Gasteiger charge is 2.23. The lowest BCUT2D eigenvalue weighted by Gasteiger charge is -2.23. The van der Waals surface area contributed by atoms with Gasteiger partial charge in [-0.25, -0.2) is 0 Å². The number of phenolic OH excluding ortho intramolecular Hbond substituents is 1. The number of para-hydroxylation sites is 1. The van der Waals surface area contributed by atoms with Gasteiger partial charge in [0.2, 0.25) is 0 Å². The largest absolute Gasteiger partial charge is 0.507 e. The zero-order chi connectivity index (χ0) is 22.9. The first kappa shape index (κ1) is 23.1. The fourth-order valence-corrected chi connectivity index (χ4v) is 4.35. The molecule has 3 rings (SSSR count). The Morgan fingerprint density at radius 2 is 1.55 bits per heavy atom. The van der Waals surface area contributed by atoms with E-state index in [1.54, 1.807) is 12.1 Å². The number of nitrogens with one attached hydrogen (secondary N) is 2. The van der Waals surface area contributed by atoms with Gasteiger partial charge in [0, 0.05) is 28.2 Å². The van der Waals surface area contributed by atoms with Crippen LogP contribution in [-0.4, -0.2) is 11.0 Å². The summed E-state index contributed by atoms with van der Waals surface area (Å²) >= 11 is 2.08. The highest BCUT2D eigenvalue weighted by Crippen LogP contribution is 2.36. The third-order valence-corrected chi connectivity index (χ3v) is 6.21. The van der Waals surface area contributed by atoms with Crippen LogP contribution >= 0.6 is 22.6 Å². The molecule has 0 spiro atoms. The second kappa shape index (κ2) is 8.91. The van der Waals surface area contributed by atoms with E-state index in [2.05, 4.69) is 46.2 Å². The average molecular weight is 528 g/mol. The summed E-state index contributed by atoms with van der Waals surface area (Å²) in [7, 11) is 0. The van der Waals surface area contributed by atoms with Gasteiger partial charge in [0.25, 0.3) is 5.91 Å². The normalized spacial score (nSPS) is 11.3. The summed E-state index contributed by atoms with van der Waals surface area (Å²) in [6, 6.07) is 15.6. The molecule has 0 heterocycles. The van der Waals surface area contributed by atoms with Crippen molar-refractivity contribution in [1.82, 2.24) is 0 Å². The van der Waals surface area contributed by atoms with E-state index in [-0.39, 0.29) is 17.1 Å². The molecule has 162 valence electrons. The first-order chi connectivity index (χ1) is 14.5. The van der Waals surface area contributed by atoms with Crippen molar-refractivity contribution in [2.45, 2.75) is 47.0 Å². The van der Waals surface area contributed by atoms with Crippen molar-refractivity contribution < 1.29 is 9.90 Å². The quantitative estimate of drug-likeness (QED) is 0.314. The van der Waals surface area contributed by atoms with E-state index < -0.39 is 0 Å². The van der Waals surface area contributed by atoms with Crippen LogP contribution in [0.4, 0.5) is 17.1 Å². The van der Waals surface area contributed by atoms with E-state index in [9.17, 15) is 9.90 Å². The third-order valence-electron chi connectivity index (χ3n) is 5.39. The molecule has 0 fully saturated rings. The van der Waals surface area contributed by atoms with Crippen LogP contribution < -0.4 is 10.6 Å². The zero-order valence-electron chi connectivity index (χ0n) is 18.9. The highest BCUT2D eigenvalue weighted by atomic mass is 127. The maximum absolute atomic E-state index is 13.2. The van der Waals surface area contributed by atoms with Crippen molar-refractivity contribution in [2.75, 3.05) is 10.6 Å². The molecule has 3 aromatic carbocycles. The monoisotopic (exact) mass is 528 g/mol. The average Bonchev–Trinajstić information content (AvgIpc) is 2.70. The summed E-state index contributed by atoms with van der Waals surface area (Å²) in [6.07, 6.45) is 0. The van der Waals surface area contributed by atoms with E-state index in [0.717, 1.165) is 39.3 Å². The van der Waals surface area contributed by atoms with Crippen LogP contribution in [0.15, 0.2) is 48.5 Å².